The number of imide groups is 1. The number of carbonyl (C=O) groups is 2. The summed E-state index contributed by atoms with van der Waals surface area (Å²) in [5, 5.41) is 2.72. The van der Waals surface area contributed by atoms with Gasteiger partial charge in [0.05, 0.1) is 23.8 Å². The van der Waals surface area contributed by atoms with Crippen molar-refractivity contribution in [2.24, 2.45) is 0 Å². The molecule has 2 heterocycles. The Hall–Kier alpha value is -2.21. The molecule has 2 aromatic rings. The Morgan fingerprint density at radius 1 is 1.19 bits per heavy atom. The molecule has 1 aliphatic heterocycles. The molecule has 0 radical (unpaired) electrons. The monoisotopic (exact) mass is 286 g/mol. The molecule has 0 saturated carbocycles. The van der Waals surface area contributed by atoms with Crippen molar-refractivity contribution in [1.82, 2.24) is 19.6 Å². The lowest BCUT2D eigenvalue weighted by atomic mass is 10.1. The average Bonchev–Trinajstić information content (AvgIpc) is 2.91. The van der Waals surface area contributed by atoms with Crippen molar-refractivity contribution in [1.29, 1.82) is 0 Å². The van der Waals surface area contributed by atoms with E-state index in [2.05, 4.69) is 4.98 Å². The highest BCUT2D eigenvalue weighted by Gasteiger charge is 2.41. The summed E-state index contributed by atoms with van der Waals surface area (Å²) >= 11 is 0. The fourth-order valence-corrected chi connectivity index (χ4v) is 2.77. The van der Waals surface area contributed by atoms with Gasteiger partial charge in [0.2, 0.25) is 5.91 Å². The van der Waals surface area contributed by atoms with Crippen LogP contribution >= 0.6 is 0 Å². The van der Waals surface area contributed by atoms with E-state index < -0.39 is 6.04 Å². The van der Waals surface area contributed by atoms with Crippen LogP contribution < -0.4 is 0 Å². The van der Waals surface area contributed by atoms with E-state index in [-0.39, 0.29) is 18.2 Å². The first-order chi connectivity index (χ1) is 9.90. The summed E-state index contributed by atoms with van der Waals surface area (Å²) in [6.45, 7) is 4.06. The molecule has 6 nitrogen and oxygen atoms in total. The molecule has 21 heavy (non-hydrogen) atoms. The van der Waals surface area contributed by atoms with Crippen molar-refractivity contribution in [3.63, 3.8) is 0 Å². The Balaban J connectivity index is 2.08. The summed E-state index contributed by atoms with van der Waals surface area (Å²) in [4.78, 5) is 28.8. The second-order valence-corrected chi connectivity index (χ2v) is 5.69. The lowest BCUT2D eigenvalue weighted by Gasteiger charge is -2.22. The van der Waals surface area contributed by atoms with Crippen LogP contribution in [0.1, 0.15) is 23.6 Å². The highest BCUT2D eigenvalue weighted by atomic mass is 16.2. The first-order valence-electron chi connectivity index (χ1n) is 6.88. The summed E-state index contributed by atoms with van der Waals surface area (Å²) in [6, 6.07) is 3.52. The zero-order valence-electron chi connectivity index (χ0n) is 12.6. The molecule has 6 heteroatoms. The molecule has 0 spiro atoms. The van der Waals surface area contributed by atoms with Gasteiger partial charge in [-0.1, -0.05) is 0 Å². The molecule has 1 saturated heterocycles. The molecule has 3 rings (SSSR count). The number of imidazole rings is 1. The lowest BCUT2D eigenvalue weighted by Crippen LogP contribution is -2.41. The number of fused-ring (bicyclic) bond motifs is 1. The molecule has 1 aliphatic rings. The van der Waals surface area contributed by atoms with Gasteiger partial charge in [-0.15, -0.1) is 0 Å². The largest absolute Gasteiger partial charge is 0.317 e. The quantitative estimate of drug-likeness (QED) is 0.784. The fourth-order valence-electron chi connectivity index (χ4n) is 2.77. The smallest absolute Gasteiger partial charge is 0.267 e. The van der Waals surface area contributed by atoms with Crippen LogP contribution in [0, 0.1) is 13.8 Å². The molecule has 1 aromatic heterocycles. The van der Waals surface area contributed by atoms with Gasteiger partial charge < -0.3 is 4.57 Å². The first kappa shape index (κ1) is 13.8. The highest BCUT2D eigenvalue weighted by molar-refractivity contribution is 6.04. The normalized spacial score (nSPS) is 19.3. The number of amides is 2. The van der Waals surface area contributed by atoms with Crippen LogP contribution in [0.5, 0.6) is 0 Å². The van der Waals surface area contributed by atoms with Gasteiger partial charge in [-0.3, -0.25) is 9.59 Å². The second kappa shape index (κ2) is 4.66. The molecular formula is C15H18N4O2. The molecule has 0 bridgehead atoms. The van der Waals surface area contributed by atoms with E-state index in [1.54, 1.807) is 20.4 Å². The fraction of sp³-hybridized carbons (Fsp3) is 0.400. The van der Waals surface area contributed by atoms with E-state index in [4.69, 9.17) is 0 Å². The standard InChI is InChI=1S/C15H18N4O2/c1-9-5-11-12(6-10(9)2)18(8-16-11)13-7-14(20)19(15(13)21)17(3)4/h5-6,8,13H,7H2,1-4H3/t13-/m1/s1. The number of carbonyl (C=O) groups excluding carboxylic acids is 2. The van der Waals surface area contributed by atoms with Gasteiger partial charge in [0.1, 0.15) is 6.04 Å². The van der Waals surface area contributed by atoms with E-state index in [1.165, 1.54) is 10.0 Å². The van der Waals surface area contributed by atoms with Gasteiger partial charge in [-0.05, 0) is 37.1 Å². The van der Waals surface area contributed by atoms with Crippen molar-refractivity contribution < 1.29 is 9.59 Å². The highest BCUT2D eigenvalue weighted by Crippen LogP contribution is 2.29. The van der Waals surface area contributed by atoms with E-state index in [0.29, 0.717) is 0 Å². The molecular weight excluding hydrogens is 268 g/mol. The minimum atomic E-state index is -0.507. The van der Waals surface area contributed by atoms with E-state index in [9.17, 15) is 9.59 Å². The van der Waals surface area contributed by atoms with Crippen LogP contribution in [-0.4, -0.2) is 45.5 Å². The van der Waals surface area contributed by atoms with Crippen molar-refractivity contribution in [3.05, 3.63) is 29.6 Å². The first-order valence-corrected chi connectivity index (χ1v) is 6.88. The Labute approximate surface area is 122 Å². The van der Waals surface area contributed by atoms with Gasteiger partial charge >= 0.3 is 0 Å². The Morgan fingerprint density at radius 3 is 2.48 bits per heavy atom. The summed E-state index contributed by atoms with van der Waals surface area (Å²) < 4.78 is 1.81. The van der Waals surface area contributed by atoms with Crippen molar-refractivity contribution >= 4 is 22.8 Å². The maximum atomic E-state index is 12.5. The van der Waals surface area contributed by atoms with E-state index >= 15 is 0 Å². The Kier molecular flexibility index (Phi) is 3.06. The van der Waals surface area contributed by atoms with Gasteiger partial charge in [0.15, 0.2) is 0 Å². The molecule has 0 N–H and O–H groups in total. The van der Waals surface area contributed by atoms with Crippen molar-refractivity contribution in [3.8, 4) is 0 Å². The van der Waals surface area contributed by atoms with E-state index in [0.717, 1.165) is 22.2 Å². The summed E-state index contributed by atoms with van der Waals surface area (Å²) in [5.74, 6) is -0.386. The summed E-state index contributed by atoms with van der Waals surface area (Å²) in [6.07, 6.45) is 1.83. The third kappa shape index (κ3) is 2.03. The predicted octanol–water partition coefficient (Wildman–Crippen LogP) is 1.43. The third-order valence-electron chi connectivity index (χ3n) is 4.02. The van der Waals surface area contributed by atoms with Gasteiger partial charge in [-0.2, -0.15) is 0 Å². The number of benzene rings is 1. The lowest BCUT2D eigenvalue weighted by molar-refractivity contribution is -0.153. The van der Waals surface area contributed by atoms with Crippen LogP contribution in [0.2, 0.25) is 0 Å². The SMILES string of the molecule is Cc1cc2ncn([C@@H]3CC(=O)N(N(C)C)C3=O)c2cc1C. The number of aromatic nitrogens is 2. The minimum Gasteiger partial charge on any atom is -0.317 e. The second-order valence-electron chi connectivity index (χ2n) is 5.69. The topological polar surface area (TPSA) is 58.4 Å². The van der Waals surface area contributed by atoms with Gasteiger partial charge in [0, 0.05) is 14.1 Å². The molecule has 1 fully saturated rings. The zero-order chi connectivity index (χ0) is 15.3. The predicted molar refractivity (Wildman–Crippen MR) is 78.4 cm³/mol. The van der Waals surface area contributed by atoms with Gasteiger partial charge in [0.25, 0.3) is 5.91 Å². The zero-order valence-corrected chi connectivity index (χ0v) is 12.6. The summed E-state index contributed by atoms with van der Waals surface area (Å²) in [5.41, 5.74) is 4.05. The number of aryl methyl sites for hydroxylation is 2. The van der Waals surface area contributed by atoms with Crippen LogP contribution in [0.25, 0.3) is 11.0 Å². The van der Waals surface area contributed by atoms with Gasteiger partial charge in [-0.25, -0.2) is 15.0 Å². The Bertz CT molecular complexity index is 747. The molecule has 2 amide bonds. The maximum absolute atomic E-state index is 12.5. The third-order valence-corrected chi connectivity index (χ3v) is 4.02. The molecule has 110 valence electrons. The number of hydrogen-bond donors (Lipinski definition) is 0. The van der Waals surface area contributed by atoms with E-state index in [1.807, 2.05) is 30.5 Å². The van der Waals surface area contributed by atoms with Crippen molar-refractivity contribution in [2.75, 3.05) is 14.1 Å². The average molecular weight is 286 g/mol. The molecule has 1 aromatic carbocycles. The number of hydrazine groups is 1. The number of rotatable bonds is 2. The van der Waals surface area contributed by atoms with Crippen molar-refractivity contribution in [2.45, 2.75) is 26.3 Å². The van der Waals surface area contributed by atoms with Crippen LogP contribution in [-0.2, 0) is 9.59 Å². The minimum absolute atomic E-state index is 0.176. The molecule has 0 aliphatic carbocycles. The molecule has 1 atom stereocenters. The summed E-state index contributed by atoms with van der Waals surface area (Å²) in [7, 11) is 3.38. The van der Waals surface area contributed by atoms with Crippen LogP contribution in [0.3, 0.4) is 0 Å². The maximum Gasteiger partial charge on any atom is 0.267 e. The number of nitrogens with zero attached hydrogens (tertiary/aromatic N) is 4. The molecule has 0 unspecified atom stereocenters. The number of hydrogen-bond acceptors (Lipinski definition) is 4. The van der Waals surface area contributed by atoms with Crippen LogP contribution in [0.15, 0.2) is 18.5 Å². The Morgan fingerprint density at radius 2 is 1.86 bits per heavy atom. The van der Waals surface area contributed by atoms with Crippen LogP contribution in [0.4, 0.5) is 0 Å².